The predicted octanol–water partition coefficient (Wildman–Crippen LogP) is 3.62. The summed E-state index contributed by atoms with van der Waals surface area (Å²) in [7, 11) is 2.39. The summed E-state index contributed by atoms with van der Waals surface area (Å²) in [4.78, 5) is 49.1. The van der Waals surface area contributed by atoms with Crippen LogP contribution in [-0.2, 0) is 23.9 Å². The lowest BCUT2D eigenvalue weighted by molar-refractivity contribution is -0.161. The zero-order chi connectivity index (χ0) is 22.9. The number of benzene rings is 2. The lowest BCUT2D eigenvalue weighted by Crippen LogP contribution is -2.39. The average molecular weight is 428 g/mol. The quantitative estimate of drug-likeness (QED) is 0.411. The number of fused-ring (bicyclic) bond motifs is 2. The monoisotopic (exact) mass is 428 g/mol. The molecule has 0 amide bonds. The highest BCUT2D eigenvalue weighted by atomic mass is 16.5. The highest BCUT2D eigenvalue weighted by Crippen LogP contribution is 2.44. The summed E-state index contributed by atoms with van der Waals surface area (Å²) in [5, 5.41) is 1.75. The Bertz CT molecular complexity index is 1260. The number of aldehydes is 2. The molecule has 160 valence electrons. The van der Waals surface area contributed by atoms with Crippen molar-refractivity contribution < 1.29 is 28.7 Å². The number of hydrogen-bond acceptors (Lipinski definition) is 6. The van der Waals surface area contributed by atoms with Crippen LogP contribution in [0.25, 0.3) is 16.3 Å². The first-order chi connectivity index (χ1) is 15.5. The van der Waals surface area contributed by atoms with Crippen LogP contribution in [0.2, 0.25) is 0 Å². The van der Waals surface area contributed by atoms with Crippen molar-refractivity contribution in [2.45, 2.75) is 0 Å². The number of carbonyl (C=O) groups is 4. The minimum Gasteiger partial charge on any atom is -0.468 e. The number of ether oxygens (including phenoxy) is 2. The predicted molar refractivity (Wildman–Crippen MR) is 119 cm³/mol. The largest absolute Gasteiger partial charge is 0.468 e. The van der Waals surface area contributed by atoms with E-state index in [0.717, 1.165) is 23.3 Å². The van der Waals surface area contributed by atoms with Crippen LogP contribution in [-0.4, -0.2) is 38.7 Å². The SMILES string of the molecule is COC(=O)C1(C(=O)OC)C=CC2=C(c3c(C=O)ccc4ccccc34)C(C=O)C=CC2=C1. The van der Waals surface area contributed by atoms with E-state index in [4.69, 9.17) is 9.47 Å². The lowest BCUT2D eigenvalue weighted by Gasteiger charge is -2.30. The van der Waals surface area contributed by atoms with E-state index in [9.17, 15) is 19.2 Å². The fourth-order valence-corrected chi connectivity index (χ4v) is 4.33. The Kier molecular flexibility index (Phi) is 5.45. The van der Waals surface area contributed by atoms with E-state index < -0.39 is 23.3 Å². The Balaban J connectivity index is 2.04. The van der Waals surface area contributed by atoms with Gasteiger partial charge in [-0.3, -0.25) is 14.4 Å². The Hall–Kier alpha value is -4.06. The molecular weight excluding hydrogens is 408 g/mol. The third-order valence-corrected chi connectivity index (χ3v) is 5.86. The van der Waals surface area contributed by atoms with E-state index in [2.05, 4.69) is 0 Å². The highest BCUT2D eigenvalue weighted by molar-refractivity contribution is 6.09. The molecule has 0 bridgehead atoms. The Morgan fingerprint density at radius 2 is 1.69 bits per heavy atom. The van der Waals surface area contributed by atoms with Gasteiger partial charge in [0, 0.05) is 5.56 Å². The van der Waals surface area contributed by atoms with Crippen molar-refractivity contribution in [3.63, 3.8) is 0 Å². The van der Waals surface area contributed by atoms with E-state index >= 15 is 0 Å². The molecule has 0 N–H and O–H groups in total. The van der Waals surface area contributed by atoms with Gasteiger partial charge in [-0.05, 0) is 39.1 Å². The van der Waals surface area contributed by atoms with E-state index in [1.54, 1.807) is 24.3 Å². The molecule has 32 heavy (non-hydrogen) atoms. The molecule has 0 heterocycles. The minimum atomic E-state index is -1.74. The van der Waals surface area contributed by atoms with Crippen LogP contribution in [0.1, 0.15) is 15.9 Å². The maximum atomic E-state index is 12.5. The van der Waals surface area contributed by atoms with Crippen molar-refractivity contribution in [3.8, 4) is 0 Å². The van der Waals surface area contributed by atoms with Gasteiger partial charge in [0.2, 0.25) is 5.41 Å². The molecule has 0 aromatic heterocycles. The normalized spacial score (nSPS) is 18.6. The van der Waals surface area contributed by atoms with Crippen molar-refractivity contribution in [2.75, 3.05) is 14.2 Å². The summed E-state index contributed by atoms with van der Waals surface area (Å²) in [6.07, 6.45) is 9.45. The van der Waals surface area contributed by atoms with Crippen LogP contribution >= 0.6 is 0 Å². The molecule has 0 saturated carbocycles. The fourth-order valence-electron chi connectivity index (χ4n) is 4.33. The molecule has 0 fully saturated rings. The van der Waals surface area contributed by atoms with Gasteiger partial charge in [0.05, 0.1) is 20.1 Å². The van der Waals surface area contributed by atoms with Gasteiger partial charge in [0.15, 0.2) is 6.29 Å². The first-order valence-electron chi connectivity index (χ1n) is 9.95. The second kappa shape index (κ2) is 8.23. The molecule has 2 aromatic carbocycles. The molecular formula is C26H20O6. The van der Waals surface area contributed by atoms with Gasteiger partial charge >= 0.3 is 11.9 Å². The Morgan fingerprint density at radius 1 is 0.969 bits per heavy atom. The van der Waals surface area contributed by atoms with Gasteiger partial charge in [-0.15, -0.1) is 0 Å². The zero-order valence-electron chi connectivity index (χ0n) is 17.5. The average Bonchev–Trinajstić information content (AvgIpc) is 2.85. The van der Waals surface area contributed by atoms with Crippen LogP contribution in [0.5, 0.6) is 0 Å². The van der Waals surface area contributed by atoms with Crippen LogP contribution in [0.15, 0.2) is 77.9 Å². The van der Waals surface area contributed by atoms with Gasteiger partial charge in [0.1, 0.15) is 6.29 Å². The Morgan fingerprint density at radius 3 is 2.34 bits per heavy atom. The zero-order valence-corrected chi connectivity index (χ0v) is 17.5. The van der Waals surface area contributed by atoms with E-state index in [0.29, 0.717) is 27.8 Å². The van der Waals surface area contributed by atoms with Crippen LogP contribution < -0.4 is 0 Å². The van der Waals surface area contributed by atoms with Crippen molar-refractivity contribution in [3.05, 3.63) is 89.1 Å². The summed E-state index contributed by atoms with van der Waals surface area (Å²) in [5.74, 6) is -2.17. The van der Waals surface area contributed by atoms with Gasteiger partial charge in [0.25, 0.3) is 0 Å². The van der Waals surface area contributed by atoms with Gasteiger partial charge in [-0.1, -0.05) is 60.7 Å². The standard InChI is InChI=1S/C26H20O6/c1-31-24(29)26(25(30)32-2)12-11-21-17(13-26)8-10-19(15-28)23(21)22-18(14-27)9-7-16-5-3-4-6-20(16)22/h3-15,19H,1-2H3. The van der Waals surface area contributed by atoms with Crippen molar-refractivity contribution in [1.29, 1.82) is 0 Å². The highest BCUT2D eigenvalue weighted by Gasteiger charge is 2.47. The van der Waals surface area contributed by atoms with E-state index in [1.807, 2.05) is 30.3 Å². The number of allylic oxidation sites excluding steroid dienone is 6. The number of carbonyl (C=O) groups excluding carboxylic acids is 4. The second-order valence-electron chi connectivity index (χ2n) is 7.50. The van der Waals surface area contributed by atoms with E-state index in [1.165, 1.54) is 26.4 Å². The summed E-state index contributed by atoms with van der Waals surface area (Å²) >= 11 is 0. The molecule has 0 saturated heterocycles. The molecule has 2 aliphatic rings. The molecule has 0 spiro atoms. The molecule has 4 rings (SSSR count). The third-order valence-electron chi connectivity index (χ3n) is 5.86. The molecule has 2 aliphatic carbocycles. The second-order valence-corrected chi connectivity index (χ2v) is 7.50. The van der Waals surface area contributed by atoms with Gasteiger partial charge in [-0.2, -0.15) is 0 Å². The summed E-state index contributed by atoms with van der Waals surface area (Å²) in [6, 6.07) is 11.2. The Labute approximate surface area is 184 Å². The number of esters is 2. The molecule has 6 nitrogen and oxygen atoms in total. The van der Waals surface area contributed by atoms with Crippen LogP contribution in [0, 0.1) is 11.3 Å². The maximum absolute atomic E-state index is 12.5. The number of hydrogen-bond donors (Lipinski definition) is 0. The maximum Gasteiger partial charge on any atom is 0.331 e. The summed E-state index contributed by atoms with van der Waals surface area (Å²) < 4.78 is 9.73. The van der Waals surface area contributed by atoms with Gasteiger partial charge in [-0.25, -0.2) is 0 Å². The van der Waals surface area contributed by atoms with Crippen molar-refractivity contribution >= 4 is 40.9 Å². The molecule has 1 unspecified atom stereocenters. The number of rotatable bonds is 5. The van der Waals surface area contributed by atoms with Crippen LogP contribution in [0.3, 0.4) is 0 Å². The fraction of sp³-hybridized carbons (Fsp3) is 0.154. The smallest absolute Gasteiger partial charge is 0.331 e. The van der Waals surface area contributed by atoms with Crippen molar-refractivity contribution in [2.24, 2.45) is 11.3 Å². The molecule has 1 atom stereocenters. The first-order valence-corrected chi connectivity index (χ1v) is 9.95. The summed E-state index contributed by atoms with van der Waals surface area (Å²) in [5.41, 5.74) is 1.19. The molecule has 6 heteroatoms. The first kappa shape index (κ1) is 21.2. The lowest BCUT2D eigenvalue weighted by atomic mass is 9.72. The van der Waals surface area contributed by atoms with Gasteiger partial charge < -0.3 is 14.3 Å². The van der Waals surface area contributed by atoms with E-state index in [-0.39, 0.29) is 0 Å². The van der Waals surface area contributed by atoms with Crippen LogP contribution in [0.4, 0.5) is 0 Å². The van der Waals surface area contributed by atoms with Crippen molar-refractivity contribution in [1.82, 2.24) is 0 Å². The third kappa shape index (κ3) is 3.12. The molecule has 2 aromatic rings. The minimum absolute atomic E-state index is 0.443. The number of methoxy groups -OCH3 is 2. The molecule has 0 radical (unpaired) electrons. The summed E-state index contributed by atoms with van der Waals surface area (Å²) in [6.45, 7) is 0. The topological polar surface area (TPSA) is 86.7 Å². The molecule has 0 aliphatic heterocycles.